The highest BCUT2D eigenvalue weighted by Gasteiger charge is 2.37. The van der Waals surface area contributed by atoms with Crippen molar-refractivity contribution in [3.05, 3.63) is 29.2 Å². The summed E-state index contributed by atoms with van der Waals surface area (Å²) in [6.07, 6.45) is -2.19. The molecule has 1 saturated carbocycles. The van der Waals surface area contributed by atoms with Gasteiger partial charge in [0.1, 0.15) is 0 Å². The maximum Gasteiger partial charge on any atom is 0.435 e. The summed E-state index contributed by atoms with van der Waals surface area (Å²) in [6, 6.07) is 1.15. The summed E-state index contributed by atoms with van der Waals surface area (Å²) in [7, 11) is 0. The predicted octanol–water partition coefficient (Wildman–Crippen LogP) is 2.71. The predicted molar refractivity (Wildman–Crippen MR) is 61.9 cm³/mol. The van der Waals surface area contributed by atoms with Gasteiger partial charge in [-0.15, -0.1) is 10.2 Å². The second-order valence-electron chi connectivity index (χ2n) is 4.91. The van der Waals surface area contributed by atoms with Crippen molar-refractivity contribution in [2.24, 2.45) is 0 Å². The zero-order chi connectivity index (χ0) is 14.3. The van der Waals surface area contributed by atoms with Crippen LogP contribution in [0.5, 0.6) is 0 Å². The SMILES string of the molecule is Cc1nnc(CCn2nc(C(F)(F)F)cc2C2CC2)o1. The van der Waals surface area contributed by atoms with Crippen LogP contribution in [-0.4, -0.2) is 20.0 Å². The van der Waals surface area contributed by atoms with Gasteiger partial charge in [0.25, 0.3) is 0 Å². The molecule has 0 bridgehead atoms. The van der Waals surface area contributed by atoms with E-state index < -0.39 is 11.9 Å². The molecule has 0 N–H and O–H groups in total. The van der Waals surface area contributed by atoms with Crippen LogP contribution < -0.4 is 0 Å². The van der Waals surface area contributed by atoms with E-state index in [0.717, 1.165) is 18.9 Å². The Morgan fingerprint density at radius 1 is 1.35 bits per heavy atom. The van der Waals surface area contributed by atoms with E-state index in [9.17, 15) is 13.2 Å². The third-order valence-corrected chi connectivity index (χ3v) is 3.20. The summed E-state index contributed by atoms with van der Waals surface area (Å²) in [5.74, 6) is 1.05. The normalized spacial score (nSPS) is 15.8. The van der Waals surface area contributed by atoms with E-state index in [1.54, 1.807) is 6.92 Å². The van der Waals surface area contributed by atoms with Crippen molar-refractivity contribution < 1.29 is 17.6 Å². The molecule has 108 valence electrons. The molecule has 1 fully saturated rings. The molecule has 0 aliphatic heterocycles. The van der Waals surface area contributed by atoms with Gasteiger partial charge >= 0.3 is 6.18 Å². The van der Waals surface area contributed by atoms with Crippen LogP contribution in [0, 0.1) is 6.92 Å². The molecule has 3 rings (SSSR count). The van der Waals surface area contributed by atoms with Gasteiger partial charge < -0.3 is 4.42 Å². The molecule has 0 unspecified atom stereocenters. The van der Waals surface area contributed by atoms with Gasteiger partial charge in [-0.05, 0) is 18.9 Å². The molecule has 2 aromatic heterocycles. The van der Waals surface area contributed by atoms with Gasteiger partial charge in [0.2, 0.25) is 11.8 Å². The fourth-order valence-electron chi connectivity index (χ4n) is 2.10. The third-order valence-electron chi connectivity index (χ3n) is 3.20. The van der Waals surface area contributed by atoms with Crippen molar-refractivity contribution >= 4 is 0 Å². The lowest BCUT2D eigenvalue weighted by Gasteiger charge is -2.04. The Kier molecular flexibility index (Phi) is 3.02. The van der Waals surface area contributed by atoms with E-state index >= 15 is 0 Å². The van der Waals surface area contributed by atoms with Crippen molar-refractivity contribution in [2.45, 2.75) is 44.8 Å². The molecule has 2 heterocycles. The van der Waals surface area contributed by atoms with Gasteiger partial charge in [0.15, 0.2) is 5.69 Å². The van der Waals surface area contributed by atoms with Crippen LogP contribution in [0.1, 0.15) is 41.9 Å². The Morgan fingerprint density at radius 3 is 2.65 bits per heavy atom. The molecule has 0 saturated heterocycles. The monoisotopic (exact) mass is 286 g/mol. The lowest BCUT2D eigenvalue weighted by Crippen LogP contribution is -2.10. The fraction of sp³-hybridized carbons (Fsp3) is 0.583. The number of alkyl halides is 3. The number of halogens is 3. The van der Waals surface area contributed by atoms with Gasteiger partial charge in [0, 0.05) is 31.5 Å². The minimum absolute atomic E-state index is 0.197. The van der Waals surface area contributed by atoms with Crippen molar-refractivity contribution in [2.75, 3.05) is 0 Å². The summed E-state index contributed by atoms with van der Waals surface area (Å²) >= 11 is 0. The quantitative estimate of drug-likeness (QED) is 0.867. The van der Waals surface area contributed by atoms with E-state index in [0.29, 0.717) is 30.4 Å². The van der Waals surface area contributed by atoms with E-state index in [1.165, 1.54) is 4.68 Å². The van der Waals surface area contributed by atoms with Crippen LogP contribution in [0.15, 0.2) is 10.5 Å². The fourth-order valence-corrected chi connectivity index (χ4v) is 2.10. The minimum atomic E-state index is -4.41. The lowest BCUT2D eigenvalue weighted by atomic mass is 10.2. The first kappa shape index (κ1) is 13.1. The molecule has 0 radical (unpaired) electrons. The first-order valence-electron chi connectivity index (χ1n) is 6.37. The van der Waals surface area contributed by atoms with E-state index in [-0.39, 0.29) is 5.92 Å². The summed E-state index contributed by atoms with van der Waals surface area (Å²) in [4.78, 5) is 0. The van der Waals surface area contributed by atoms with E-state index in [2.05, 4.69) is 15.3 Å². The van der Waals surface area contributed by atoms with E-state index in [4.69, 9.17) is 4.42 Å². The standard InChI is InChI=1S/C12H13F3N4O/c1-7-16-17-11(20-7)4-5-19-9(8-2-3-8)6-10(18-19)12(13,14)15/h6,8H,2-5H2,1H3. The van der Waals surface area contributed by atoms with Crippen LogP contribution in [0.2, 0.25) is 0 Å². The maximum absolute atomic E-state index is 12.7. The summed E-state index contributed by atoms with van der Waals surface area (Å²) < 4.78 is 44.8. The maximum atomic E-state index is 12.7. The minimum Gasteiger partial charge on any atom is -0.426 e. The lowest BCUT2D eigenvalue weighted by molar-refractivity contribution is -0.141. The summed E-state index contributed by atoms with van der Waals surface area (Å²) in [6.45, 7) is 1.98. The van der Waals surface area contributed by atoms with Crippen LogP contribution in [0.3, 0.4) is 0 Å². The number of aromatic nitrogens is 4. The largest absolute Gasteiger partial charge is 0.435 e. The Hall–Kier alpha value is -1.86. The Bertz CT molecular complexity index is 612. The molecule has 0 spiro atoms. The molecular weight excluding hydrogens is 273 g/mol. The molecular formula is C12H13F3N4O. The summed E-state index contributed by atoms with van der Waals surface area (Å²) in [5, 5.41) is 11.2. The highest BCUT2D eigenvalue weighted by Crippen LogP contribution is 2.42. The molecule has 0 aromatic carbocycles. The van der Waals surface area contributed by atoms with Crippen LogP contribution in [-0.2, 0) is 19.1 Å². The Labute approximate surface area is 112 Å². The zero-order valence-electron chi connectivity index (χ0n) is 10.8. The zero-order valence-corrected chi connectivity index (χ0v) is 10.8. The molecule has 0 amide bonds. The van der Waals surface area contributed by atoms with Gasteiger partial charge in [-0.1, -0.05) is 0 Å². The Morgan fingerprint density at radius 2 is 2.10 bits per heavy atom. The van der Waals surface area contributed by atoms with Crippen molar-refractivity contribution in [3.8, 4) is 0 Å². The second-order valence-corrected chi connectivity index (χ2v) is 4.91. The average Bonchev–Trinajstić information content (AvgIpc) is 2.97. The smallest absolute Gasteiger partial charge is 0.426 e. The van der Waals surface area contributed by atoms with Crippen molar-refractivity contribution in [1.82, 2.24) is 20.0 Å². The van der Waals surface area contributed by atoms with Gasteiger partial charge in [0.05, 0.1) is 0 Å². The number of nitrogens with zero attached hydrogens (tertiary/aromatic N) is 4. The molecule has 1 aliphatic rings. The van der Waals surface area contributed by atoms with Gasteiger partial charge in [-0.25, -0.2) is 0 Å². The molecule has 8 heteroatoms. The van der Waals surface area contributed by atoms with Crippen LogP contribution in [0.25, 0.3) is 0 Å². The number of rotatable bonds is 4. The third kappa shape index (κ3) is 2.68. The number of hydrogen-bond acceptors (Lipinski definition) is 4. The molecule has 1 aliphatic carbocycles. The highest BCUT2D eigenvalue weighted by molar-refractivity contribution is 5.21. The van der Waals surface area contributed by atoms with Crippen LogP contribution >= 0.6 is 0 Å². The first-order valence-corrected chi connectivity index (χ1v) is 6.37. The average molecular weight is 286 g/mol. The summed E-state index contributed by atoms with van der Waals surface area (Å²) in [5.41, 5.74) is -0.185. The van der Waals surface area contributed by atoms with Gasteiger partial charge in [-0.3, -0.25) is 4.68 Å². The van der Waals surface area contributed by atoms with Crippen molar-refractivity contribution in [3.63, 3.8) is 0 Å². The molecule has 0 atom stereocenters. The van der Waals surface area contributed by atoms with E-state index in [1.807, 2.05) is 0 Å². The molecule has 2 aromatic rings. The van der Waals surface area contributed by atoms with Crippen LogP contribution in [0.4, 0.5) is 13.2 Å². The topological polar surface area (TPSA) is 56.7 Å². The molecule has 20 heavy (non-hydrogen) atoms. The first-order chi connectivity index (χ1) is 9.43. The van der Waals surface area contributed by atoms with Gasteiger partial charge in [-0.2, -0.15) is 18.3 Å². The Balaban J connectivity index is 1.79. The molecule has 5 nitrogen and oxygen atoms in total. The number of hydrogen-bond donors (Lipinski definition) is 0. The van der Waals surface area contributed by atoms with Crippen molar-refractivity contribution in [1.29, 1.82) is 0 Å². The number of aryl methyl sites for hydroxylation is 3. The second kappa shape index (κ2) is 4.60. The highest BCUT2D eigenvalue weighted by atomic mass is 19.4.